The monoisotopic (exact) mass is 402 g/mol. The number of carbonyl (C=O) groups excluding carboxylic acids is 1. The van der Waals surface area contributed by atoms with Crippen molar-refractivity contribution < 1.29 is 14.7 Å². The summed E-state index contributed by atoms with van der Waals surface area (Å²) in [6.45, 7) is 0. The number of rotatable bonds is 3. The molecule has 2 N–H and O–H groups in total. The van der Waals surface area contributed by atoms with E-state index in [0.717, 1.165) is 15.7 Å². The lowest BCUT2D eigenvalue weighted by Gasteiger charge is -1.97. The molecule has 1 amide bonds. The van der Waals surface area contributed by atoms with Gasteiger partial charge in [-0.05, 0) is 59.8 Å². The zero-order valence-corrected chi connectivity index (χ0v) is 14.6. The molecule has 0 saturated carbocycles. The Kier molecular flexibility index (Phi) is 4.82. The molecule has 0 radical (unpaired) electrons. The zero-order chi connectivity index (χ0) is 17.1. The minimum Gasteiger partial charge on any atom is -0.478 e. The average Bonchev–Trinajstić information content (AvgIpc) is 2.89. The number of carbonyl (C=O) groups is 2. The second-order valence-electron chi connectivity index (χ2n) is 4.89. The lowest BCUT2D eigenvalue weighted by Crippen LogP contribution is -2.19. The van der Waals surface area contributed by atoms with E-state index in [2.05, 4.69) is 26.2 Å². The van der Waals surface area contributed by atoms with Crippen molar-refractivity contribution in [1.29, 1.82) is 0 Å². The third-order valence-corrected chi connectivity index (χ3v) is 4.60. The molecule has 0 aliphatic carbocycles. The van der Waals surface area contributed by atoms with Gasteiger partial charge in [0.15, 0.2) is 5.17 Å². The van der Waals surface area contributed by atoms with Crippen LogP contribution in [-0.2, 0) is 4.79 Å². The number of nitrogens with one attached hydrogen (secondary N) is 1. The number of hydrogen-bond acceptors (Lipinski definition) is 4. The van der Waals surface area contributed by atoms with Crippen LogP contribution in [-0.4, -0.2) is 22.2 Å². The number of nitrogens with zero attached hydrogens (tertiary/aromatic N) is 1. The molecule has 0 aromatic heterocycles. The molecule has 2 aromatic carbocycles. The topological polar surface area (TPSA) is 78.8 Å². The van der Waals surface area contributed by atoms with Gasteiger partial charge in [-0.25, -0.2) is 9.79 Å². The van der Waals surface area contributed by atoms with Crippen LogP contribution in [0.1, 0.15) is 15.9 Å². The van der Waals surface area contributed by atoms with E-state index in [4.69, 9.17) is 5.11 Å². The highest BCUT2D eigenvalue weighted by Gasteiger charge is 2.23. The fourth-order valence-corrected chi connectivity index (χ4v) is 3.09. The second-order valence-corrected chi connectivity index (χ2v) is 6.83. The van der Waals surface area contributed by atoms with E-state index in [1.807, 2.05) is 24.3 Å². The molecular formula is C17H11BrN2O3S. The van der Waals surface area contributed by atoms with E-state index >= 15 is 0 Å². The minimum atomic E-state index is -0.980. The highest BCUT2D eigenvalue weighted by molar-refractivity contribution is 9.10. The zero-order valence-electron chi connectivity index (χ0n) is 12.2. The van der Waals surface area contributed by atoms with Crippen LogP contribution in [0.2, 0.25) is 0 Å². The third-order valence-electron chi connectivity index (χ3n) is 3.16. The molecule has 2 aromatic rings. The normalized spacial score (nSPS) is 17.3. The average molecular weight is 403 g/mol. The predicted molar refractivity (Wildman–Crippen MR) is 98.3 cm³/mol. The van der Waals surface area contributed by atoms with Crippen LogP contribution in [0.3, 0.4) is 0 Å². The molecule has 1 aliphatic rings. The van der Waals surface area contributed by atoms with Crippen LogP contribution in [0.5, 0.6) is 0 Å². The number of carboxylic acids is 1. The molecule has 0 atom stereocenters. The number of carboxylic acid groups (broad SMARTS) is 1. The van der Waals surface area contributed by atoms with Gasteiger partial charge in [0.25, 0.3) is 5.91 Å². The van der Waals surface area contributed by atoms with E-state index < -0.39 is 5.97 Å². The summed E-state index contributed by atoms with van der Waals surface area (Å²) in [6, 6.07) is 13.8. The van der Waals surface area contributed by atoms with E-state index in [1.54, 1.807) is 18.2 Å². The number of halogens is 1. The first kappa shape index (κ1) is 16.5. The van der Waals surface area contributed by atoms with Crippen molar-refractivity contribution in [3.05, 3.63) is 69.0 Å². The van der Waals surface area contributed by atoms with Gasteiger partial charge in [0.1, 0.15) is 0 Å². The Morgan fingerprint density at radius 1 is 1.12 bits per heavy atom. The number of aliphatic imine (C=N–C) groups is 1. The third kappa shape index (κ3) is 3.93. The van der Waals surface area contributed by atoms with Crippen molar-refractivity contribution in [2.45, 2.75) is 0 Å². The van der Waals surface area contributed by atoms with Gasteiger partial charge in [-0.1, -0.05) is 28.1 Å². The van der Waals surface area contributed by atoms with Gasteiger partial charge in [-0.3, -0.25) is 4.79 Å². The largest absolute Gasteiger partial charge is 0.478 e. The van der Waals surface area contributed by atoms with Crippen molar-refractivity contribution in [2.24, 2.45) is 4.99 Å². The first-order valence-electron chi connectivity index (χ1n) is 6.90. The maximum absolute atomic E-state index is 12.0. The van der Waals surface area contributed by atoms with Gasteiger partial charge in [0.2, 0.25) is 0 Å². The van der Waals surface area contributed by atoms with Gasteiger partial charge in [-0.15, -0.1) is 0 Å². The molecule has 1 saturated heterocycles. The second kappa shape index (κ2) is 7.02. The molecule has 1 aliphatic heterocycles. The van der Waals surface area contributed by atoms with Crippen molar-refractivity contribution in [3.63, 3.8) is 0 Å². The van der Waals surface area contributed by atoms with E-state index in [9.17, 15) is 9.59 Å². The summed E-state index contributed by atoms with van der Waals surface area (Å²) >= 11 is 4.60. The Morgan fingerprint density at radius 3 is 2.42 bits per heavy atom. The quantitative estimate of drug-likeness (QED) is 0.759. The molecule has 7 heteroatoms. The molecule has 24 heavy (non-hydrogen) atoms. The fraction of sp³-hybridized carbons (Fsp3) is 0. The molecular weight excluding hydrogens is 392 g/mol. The molecule has 1 heterocycles. The first-order chi connectivity index (χ1) is 11.5. The van der Waals surface area contributed by atoms with Crippen molar-refractivity contribution in [3.8, 4) is 0 Å². The number of amidine groups is 1. The maximum atomic E-state index is 12.0. The lowest BCUT2D eigenvalue weighted by atomic mass is 10.1. The van der Waals surface area contributed by atoms with Gasteiger partial charge in [-0.2, -0.15) is 0 Å². The fourth-order valence-electron chi connectivity index (χ4n) is 1.99. The van der Waals surface area contributed by atoms with Crippen molar-refractivity contribution in [1.82, 2.24) is 5.32 Å². The molecule has 1 fully saturated rings. The van der Waals surface area contributed by atoms with Crippen LogP contribution in [0.25, 0.3) is 6.08 Å². The molecule has 3 rings (SSSR count). The molecule has 0 spiro atoms. The highest BCUT2D eigenvalue weighted by atomic mass is 79.9. The van der Waals surface area contributed by atoms with E-state index in [0.29, 0.717) is 10.1 Å². The van der Waals surface area contributed by atoms with Crippen LogP contribution < -0.4 is 5.32 Å². The molecule has 120 valence electrons. The summed E-state index contributed by atoms with van der Waals surface area (Å²) in [5.41, 5.74) is 1.70. The SMILES string of the molecule is O=C1NC(=Nc2ccc(Br)cc2)S/C1=C/c1ccc(C(=O)O)cc1. The summed E-state index contributed by atoms with van der Waals surface area (Å²) in [5.74, 6) is -1.20. The standard InChI is InChI=1S/C17H11BrN2O3S/c18-12-5-7-13(8-6-12)19-17-20-15(21)14(24-17)9-10-1-3-11(4-2-10)16(22)23/h1-9H,(H,22,23)(H,19,20,21)/b14-9+. The van der Waals surface area contributed by atoms with Gasteiger partial charge in [0, 0.05) is 4.47 Å². The summed E-state index contributed by atoms with van der Waals surface area (Å²) < 4.78 is 0.958. The number of amides is 1. The molecule has 0 bridgehead atoms. The van der Waals surface area contributed by atoms with Crippen LogP contribution in [0, 0.1) is 0 Å². The van der Waals surface area contributed by atoms with Crippen LogP contribution >= 0.6 is 27.7 Å². The summed E-state index contributed by atoms with van der Waals surface area (Å²) in [5, 5.41) is 12.1. The Morgan fingerprint density at radius 2 is 1.79 bits per heavy atom. The minimum absolute atomic E-state index is 0.207. The van der Waals surface area contributed by atoms with E-state index in [-0.39, 0.29) is 11.5 Å². The van der Waals surface area contributed by atoms with E-state index in [1.165, 1.54) is 23.9 Å². The van der Waals surface area contributed by atoms with Crippen molar-refractivity contribution >= 4 is 56.5 Å². The Balaban J connectivity index is 1.79. The van der Waals surface area contributed by atoms with Crippen LogP contribution in [0.4, 0.5) is 5.69 Å². The van der Waals surface area contributed by atoms with Gasteiger partial charge in [0.05, 0.1) is 16.2 Å². The van der Waals surface area contributed by atoms with Crippen LogP contribution in [0.15, 0.2) is 62.9 Å². The maximum Gasteiger partial charge on any atom is 0.335 e. The Hall–Kier alpha value is -2.38. The molecule has 0 unspecified atom stereocenters. The summed E-state index contributed by atoms with van der Waals surface area (Å²) in [7, 11) is 0. The summed E-state index contributed by atoms with van der Waals surface area (Å²) in [6.07, 6.45) is 1.70. The number of hydrogen-bond donors (Lipinski definition) is 2. The predicted octanol–water partition coefficient (Wildman–Crippen LogP) is 4.04. The molecule has 5 nitrogen and oxygen atoms in total. The Labute approximate surface area is 150 Å². The summed E-state index contributed by atoms with van der Waals surface area (Å²) in [4.78, 5) is 27.8. The Bertz CT molecular complexity index is 858. The lowest BCUT2D eigenvalue weighted by molar-refractivity contribution is -0.115. The highest BCUT2D eigenvalue weighted by Crippen LogP contribution is 2.28. The number of aromatic carboxylic acids is 1. The number of thioether (sulfide) groups is 1. The first-order valence-corrected chi connectivity index (χ1v) is 8.51. The van der Waals surface area contributed by atoms with Gasteiger partial charge < -0.3 is 10.4 Å². The smallest absolute Gasteiger partial charge is 0.335 e. The van der Waals surface area contributed by atoms with Gasteiger partial charge >= 0.3 is 5.97 Å². The number of benzene rings is 2. The van der Waals surface area contributed by atoms with Crippen molar-refractivity contribution in [2.75, 3.05) is 0 Å².